The fourth-order valence-corrected chi connectivity index (χ4v) is 2.44. The van der Waals surface area contributed by atoms with Crippen molar-refractivity contribution < 1.29 is 24.1 Å². The first kappa shape index (κ1) is 20.9. The topological polar surface area (TPSA) is 83.2 Å². The molecule has 0 aliphatic rings. The summed E-state index contributed by atoms with van der Waals surface area (Å²) in [5.41, 5.74) is 6.57. The standard InChI is InChI=1S/C21H29NO5/c1-21(22,15-23)9-8-16-4-6-17(7-5-16)26-10-11-27-20-13-18(24-2)12-19(14-20)25-3/h4-7,12-14,23H,8-11,15,22H2,1-3H3/t21-/m1/s1. The van der Waals surface area contributed by atoms with Crippen molar-refractivity contribution in [1.29, 1.82) is 0 Å². The highest BCUT2D eigenvalue weighted by molar-refractivity contribution is 5.42. The van der Waals surface area contributed by atoms with E-state index < -0.39 is 5.54 Å². The molecule has 0 aliphatic carbocycles. The van der Waals surface area contributed by atoms with Crippen molar-refractivity contribution in [2.24, 2.45) is 5.73 Å². The summed E-state index contributed by atoms with van der Waals surface area (Å²) in [6.07, 6.45) is 1.54. The van der Waals surface area contributed by atoms with Gasteiger partial charge in [0.25, 0.3) is 0 Å². The average Bonchev–Trinajstić information content (AvgIpc) is 2.70. The number of aliphatic hydroxyl groups is 1. The van der Waals surface area contributed by atoms with Crippen LogP contribution in [0.2, 0.25) is 0 Å². The molecule has 6 heteroatoms. The normalized spacial score (nSPS) is 12.9. The largest absolute Gasteiger partial charge is 0.496 e. The van der Waals surface area contributed by atoms with Crippen LogP contribution in [0.15, 0.2) is 42.5 Å². The summed E-state index contributed by atoms with van der Waals surface area (Å²) in [5.74, 6) is 2.80. The highest BCUT2D eigenvalue weighted by Crippen LogP contribution is 2.27. The molecule has 0 aromatic heterocycles. The minimum atomic E-state index is -0.546. The second-order valence-electron chi connectivity index (χ2n) is 6.70. The van der Waals surface area contributed by atoms with Crippen molar-refractivity contribution in [3.63, 3.8) is 0 Å². The Kier molecular flexibility index (Phi) is 7.76. The molecule has 27 heavy (non-hydrogen) atoms. The zero-order valence-corrected chi connectivity index (χ0v) is 16.2. The molecular formula is C21H29NO5. The van der Waals surface area contributed by atoms with E-state index in [9.17, 15) is 5.11 Å². The van der Waals surface area contributed by atoms with Crippen LogP contribution in [-0.4, -0.2) is 44.7 Å². The van der Waals surface area contributed by atoms with E-state index in [1.807, 2.05) is 31.2 Å². The fraction of sp³-hybridized carbons (Fsp3) is 0.429. The molecule has 148 valence electrons. The number of aryl methyl sites for hydroxylation is 1. The molecule has 0 aliphatic heterocycles. The molecule has 0 saturated heterocycles. The Morgan fingerprint density at radius 3 is 1.89 bits per heavy atom. The number of rotatable bonds is 11. The molecule has 0 fully saturated rings. The number of ether oxygens (including phenoxy) is 4. The van der Waals surface area contributed by atoms with E-state index in [2.05, 4.69) is 0 Å². The maximum Gasteiger partial charge on any atom is 0.126 e. The van der Waals surface area contributed by atoms with Crippen molar-refractivity contribution in [2.45, 2.75) is 25.3 Å². The van der Waals surface area contributed by atoms with E-state index in [0.29, 0.717) is 30.5 Å². The van der Waals surface area contributed by atoms with Crippen LogP contribution in [0.25, 0.3) is 0 Å². The first-order chi connectivity index (χ1) is 13.0. The third kappa shape index (κ3) is 7.00. The first-order valence-corrected chi connectivity index (χ1v) is 8.93. The minimum Gasteiger partial charge on any atom is -0.496 e. The lowest BCUT2D eigenvalue weighted by Crippen LogP contribution is -2.40. The number of benzene rings is 2. The molecule has 0 amide bonds. The predicted molar refractivity (Wildman–Crippen MR) is 105 cm³/mol. The molecule has 2 rings (SSSR count). The second kappa shape index (κ2) is 10.0. The number of nitrogens with two attached hydrogens (primary N) is 1. The maximum absolute atomic E-state index is 9.21. The van der Waals surface area contributed by atoms with Gasteiger partial charge in [0.15, 0.2) is 0 Å². The van der Waals surface area contributed by atoms with Gasteiger partial charge in [0.1, 0.15) is 36.2 Å². The average molecular weight is 375 g/mol. The molecule has 2 aromatic carbocycles. The molecule has 0 bridgehead atoms. The molecule has 0 heterocycles. The zero-order valence-electron chi connectivity index (χ0n) is 16.2. The summed E-state index contributed by atoms with van der Waals surface area (Å²) < 4.78 is 21.9. The molecule has 6 nitrogen and oxygen atoms in total. The van der Waals surface area contributed by atoms with Crippen LogP contribution in [0.5, 0.6) is 23.0 Å². The van der Waals surface area contributed by atoms with Crippen molar-refractivity contribution in [3.8, 4) is 23.0 Å². The van der Waals surface area contributed by atoms with E-state index in [4.69, 9.17) is 24.7 Å². The van der Waals surface area contributed by atoms with Gasteiger partial charge in [-0.1, -0.05) is 12.1 Å². The molecular weight excluding hydrogens is 346 g/mol. The van der Waals surface area contributed by atoms with Crippen LogP contribution in [0.1, 0.15) is 18.9 Å². The van der Waals surface area contributed by atoms with Crippen LogP contribution in [0.4, 0.5) is 0 Å². The van der Waals surface area contributed by atoms with Crippen LogP contribution in [0.3, 0.4) is 0 Å². The van der Waals surface area contributed by atoms with Gasteiger partial charge in [-0.15, -0.1) is 0 Å². The third-order valence-electron chi connectivity index (χ3n) is 4.22. The first-order valence-electron chi connectivity index (χ1n) is 8.93. The Balaban J connectivity index is 1.77. The molecule has 2 aromatic rings. The Morgan fingerprint density at radius 1 is 0.852 bits per heavy atom. The molecule has 0 radical (unpaired) electrons. The van der Waals surface area contributed by atoms with Gasteiger partial charge in [-0.25, -0.2) is 0 Å². The van der Waals surface area contributed by atoms with E-state index in [0.717, 1.165) is 24.2 Å². The number of methoxy groups -OCH3 is 2. The van der Waals surface area contributed by atoms with Crippen molar-refractivity contribution in [1.82, 2.24) is 0 Å². The predicted octanol–water partition coefficient (Wildman–Crippen LogP) is 2.80. The quantitative estimate of drug-likeness (QED) is 0.588. The molecule has 0 saturated carbocycles. The summed E-state index contributed by atoms with van der Waals surface area (Å²) >= 11 is 0. The van der Waals surface area contributed by atoms with Crippen LogP contribution in [0, 0.1) is 0 Å². The van der Waals surface area contributed by atoms with E-state index in [1.165, 1.54) is 0 Å². The van der Waals surface area contributed by atoms with Gasteiger partial charge in [-0.3, -0.25) is 0 Å². The fourth-order valence-electron chi connectivity index (χ4n) is 2.44. The van der Waals surface area contributed by atoms with E-state index in [1.54, 1.807) is 32.4 Å². The Labute approximate surface area is 160 Å². The number of hydrogen-bond donors (Lipinski definition) is 2. The molecule has 1 atom stereocenters. The highest BCUT2D eigenvalue weighted by atomic mass is 16.5. The van der Waals surface area contributed by atoms with Crippen LogP contribution >= 0.6 is 0 Å². The molecule has 3 N–H and O–H groups in total. The second-order valence-corrected chi connectivity index (χ2v) is 6.70. The van der Waals surface area contributed by atoms with Gasteiger partial charge in [-0.2, -0.15) is 0 Å². The van der Waals surface area contributed by atoms with Crippen LogP contribution < -0.4 is 24.7 Å². The lowest BCUT2D eigenvalue weighted by Gasteiger charge is -2.21. The van der Waals surface area contributed by atoms with E-state index >= 15 is 0 Å². The highest BCUT2D eigenvalue weighted by Gasteiger charge is 2.16. The van der Waals surface area contributed by atoms with Gasteiger partial charge in [0, 0.05) is 23.7 Å². The lowest BCUT2D eigenvalue weighted by molar-refractivity contribution is 0.200. The van der Waals surface area contributed by atoms with Gasteiger partial charge >= 0.3 is 0 Å². The lowest BCUT2D eigenvalue weighted by atomic mass is 9.95. The summed E-state index contributed by atoms with van der Waals surface area (Å²) in [5, 5.41) is 9.21. The van der Waals surface area contributed by atoms with Gasteiger partial charge < -0.3 is 29.8 Å². The molecule has 0 spiro atoms. The number of hydrogen-bond acceptors (Lipinski definition) is 6. The zero-order chi connectivity index (χ0) is 19.7. The molecule has 0 unspecified atom stereocenters. The summed E-state index contributed by atoms with van der Waals surface area (Å²) in [6.45, 7) is 2.65. The van der Waals surface area contributed by atoms with Crippen molar-refractivity contribution in [3.05, 3.63) is 48.0 Å². The summed E-state index contributed by atoms with van der Waals surface area (Å²) in [4.78, 5) is 0. The van der Waals surface area contributed by atoms with Crippen molar-refractivity contribution >= 4 is 0 Å². The Hall–Kier alpha value is -2.44. The van der Waals surface area contributed by atoms with Crippen LogP contribution in [-0.2, 0) is 6.42 Å². The third-order valence-corrected chi connectivity index (χ3v) is 4.22. The monoisotopic (exact) mass is 375 g/mol. The minimum absolute atomic E-state index is 0.0205. The summed E-state index contributed by atoms with van der Waals surface area (Å²) in [6, 6.07) is 13.3. The Morgan fingerprint density at radius 2 is 1.37 bits per heavy atom. The van der Waals surface area contributed by atoms with Gasteiger partial charge in [0.05, 0.1) is 20.8 Å². The SMILES string of the molecule is COc1cc(OC)cc(OCCOc2ccc(CC[C@@](C)(N)CO)cc2)c1. The van der Waals surface area contributed by atoms with Gasteiger partial charge in [0.2, 0.25) is 0 Å². The van der Waals surface area contributed by atoms with E-state index in [-0.39, 0.29) is 6.61 Å². The maximum atomic E-state index is 9.21. The van der Waals surface area contributed by atoms with Crippen molar-refractivity contribution in [2.75, 3.05) is 34.0 Å². The van der Waals surface area contributed by atoms with Gasteiger partial charge in [-0.05, 0) is 37.5 Å². The summed E-state index contributed by atoms with van der Waals surface area (Å²) in [7, 11) is 3.20. The Bertz CT molecular complexity index is 678. The number of aliphatic hydroxyl groups excluding tert-OH is 1. The smallest absolute Gasteiger partial charge is 0.126 e.